The van der Waals surface area contributed by atoms with Gasteiger partial charge in [-0.3, -0.25) is 9.59 Å². The van der Waals surface area contributed by atoms with E-state index in [2.05, 4.69) is 54.3 Å². The number of nitrogens with zero attached hydrogens (tertiary/aromatic N) is 3. The molecule has 3 N–H and O–H groups in total. The number of pyridine rings is 1. The summed E-state index contributed by atoms with van der Waals surface area (Å²) in [6.07, 6.45) is 3.40. The van der Waals surface area contributed by atoms with Gasteiger partial charge < -0.3 is 16.0 Å². The van der Waals surface area contributed by atoms with Gasteiger partial charge in [-0.05, 0) is 66.8 Å². The first-order valence-electron chi connectivity index (χ1n) is 11.4. The fourth-order valence-electron chi connectivity index (χ4n) is 4.76. The van der Waals surface area contributed by atoms with Crippen molar-refractivity contribution in [3.8, 4) is 0 Å². The number of aryl methyl sites for hydroxylation is 1. The molecule has 3 aromatic rings. The third-order valence-corrected chi connectivity index (χ3v) is 7.35. The summed E-state index contributed by atoms with van der Waals surface area (Å²) in [5, 5.41) is 2.70. The predicted octanol–water partition coefficient (Wildman–Crippen LogP) is 4.79. The predicted molar refractivity (Wildman–Crippen MR) is 133 cm³/mol. The maximum Gasteiger partial charge on any atom is 0.313 e. The van der Waals surface area contributed by atoms with Crippen LogP contribution in [0.2, 0.25) is 0 Å². The molecule has 4 rings (SSSR count). The van der Waals surface area contributed by atoms with Crippen molar-refractivity contribution in [1.29, 1.82) is 0 Å². The molecule has 0 spiro atoms. The quantitative estimate of drug-likeness (QED) is 0.539. The van der Waals surface area contributed by atoms with E-state index in [9.17, 15) is 9.59 Å². The fourth-order valence-corrected chi connectivity index (χ4v) is 5.42. The van der Waals surface area contributed by atoms with Crippen molar-refractivity contribution in [3.63, 3.8) is 0 Å². The highest BCUT2D eigenvalue weighted by molar-refractivity contribution is 7.16. The minimum atomic E-state index is -0.657. The number of carbonyl (C=O) groups is 2. The molecule has 7 nitrogen and oxygen atoms in total. The lowest BCUT2D eigenvalue weighted by molar-refractivity contribution is -0.147. The number of carbonyl (C=O) groups excluding carboxylic acids is 2. The summed E-state index contributed by atoms with van der Waals surface area (Å²) in [5.41, 5.74) is 10.8. The number of nitrogen functional groups attached to an aromatic ring is 1. The number of hydrogen-bond acceptors (Lipinski definition) is 6. The lowest BCUT2D eigenvalue weighted by atomic mass is 9.76. The summed E-state index contributed by atoms with van der Waals surface area (Å²) < 4.78 is 1.11. The molecule has 1 saturated heterocycles. The molecule has 3 atom stereocenters. The Bertz CT molecular complexity index is 1170. The molecule has 1 fully saturated rings. The molecule has 0 saturated carbocycles. The van der Waals surface area contributed by atoms with Crippen LogP contribution in [0.15, 0.2) is 36.0 Å². The van der Waals surface area contributed by atoms with Crippen LogP contribution in [-0.2, 0) is 9.59 Å². The second kappa shape index (κ2) is 9.47. The third-order valence-electron chi connectivity index (χ3n) is 6.54. The number of nitrogens with two attached hydrogens (primary N) is 1. The standard InChI is InChI=1S/C25H31N5O2S/c1-14(2)7-18-10-21(17-5-6-22-20(9-17)28-13-33-22)30(12-16(18)4)25(32)24(31)29-19-8-15(3)23(26)27-11-19/h5-6,8-9,11,13-14,16,18,21H,7,10,12H2,1-4H3,(H2,26,27)(H,29,31)/t16-,18+,21-/m0/s1. The molecule has 3 heterocycles. The smallest absolute Gasteiger partial charge is 0.313 e. The van der Waals surface area contributed by atoms with E-state index >= 15 is 0 Å². The minimum Gasteiger partial charge on any atom is -0.383 e. The summed E-state index contributed by atoms with van der Waals surface area (Å²) in [6.45, 7) is 9.00. The number of fused-ring (bicyclic) bond motifs is 1. The zero-order chi connectivity index (χ0) is 23.7. The Balaban J connectivity index is 1.61. The van der Waals surface area contributed by atoms with Crippen molar-refractivity contribution in [1.82, 2.24) is 14.9 Å². The second-order valence-electron chi connectivity index (χ2n) is 9.54. The average molecular weight is 466 g/mol. The zero-order valence-electron chi connectivity index (χ0n) is 19.5. The van der Waals surface area contributed by atoms with Crippen LogP contribution in [0.1, 0.15) is 50.8 Å². The largest absolute Gasteiger partial charge is 0.383 e. The topological polar surface area (TPSA) is 101 Å². The highest BCUT2D eigenvalue weighted by Gasteiger charge is 2.39. The van der Waals surface area contributed by atoms with E-state index in [1.807, 2.05) is 12.4 Å². The first kappa shape index (κ1) is 23.2. The number of likely N-dealkylation sites (tertiary alicyclic amines) is 1. The van der Waals surface area contributed by atoms with Gasteiger partial charge in [0.2, 0.25) is 0 Å². The molecule has 0 radical (unpaired) electrons. The lowest BCUT2D eigenvalue weighted by Gasteiger charge is -2.43. The summed E-state index contributed by atoms with van der Waals surface area (Å²) in [7, 11) is 0. The van der Waals surface area contributed by atoms with Gasteiger partial charge in [0.15, 0.2) is 0 Å². The van der Waals surface area contributed by atoms with E-state index in [0.29, 0.717) is 35.8 Å². The lowest BCUT2D eigenvalue weighted by Crippen LogP contribution is -2.49. The van der Waals surface area contributed by atoms with Crippen LogP contribution in [0.5, 0.6) is 0 Å². The van der Waals surface area contributed by atoms with E-state index in [0.717, 1.165) is 34.2 Å². The van der Waals surface area contributed by atoms with Gasteiger partial charge in [0.25, 0.3) is 0 Å². The van der Waals surface area contributed by atoms with E-state index in [-0.39, 0.29) is 6.04 Å². The molecule has 0 aliphatic carbocycles. The van der Waals surface area contributed by atoms with Crippen LogP contribution in [0.4, 0.5) is 11.5 Å². The summed E-state index contributed by atoms with van der Waals surface area (Å²) in [5.74, 6) is 0.586. The van der Waals surface area contributed by atoms with E-state index in [1.54, 1.807) is 22.3 Å². The molecular weight excluding hydrogens is 434 g/mol. The van der Waals surface area contributed by atoms with Crippen LogP contribution in [0, 0.1) is 24.7 Å². The zero-order valence-corrected chi connectivity index (χ0v) is 20.4. The summed E-state index contributed by atoms with van der Waals surface area (Å²) in [4.78, 5) is 36.6. The van der Waals surface area contributed by atoms with Gasteiger partial charge in [-0.15, -0.1) is 11.3 Å². The van der Waals surface area contributed by atoms with Gasteiger partial charge in [0.1, 0.15) is 5.82 Å². The van der Waals surface area contributed by atoms with E-state index in [1.165, 1.54) is 6.20 Å². The van der Waals surface area contributed by atoms with Gasteiger partial charge >= 0.3 is 11.8 Å². The van der Waals surface area contributed by atoms with Crippen LogP contribution < -0.4 is 11.1 Å². The number of rotatable bonds is 4. The molecule has 174 valence electrons. The monoisotopic (exact) mass is 465 g/mol. The molecule has 2 amide bonds. The normalized spacial score (nSPS) is 20.9. The van der Waals surface area contributed by atoms with Crippen LogP contribution in [0.3, 0.4) is 0 Å². The van der Waals surface area contributed by atoms with E-state index < -0.39 is 11.8 Å². The number of aromatic nitrogens is 2. The van der Waals surface area contributed by atoms with Crippen molar-refractivity contribution in [3.05, 3.63) is 47.1 Å². The summed E-state index contributed by atoms with van der Waals surface area (Å²) in [6, 6.07) is 7.74. The Morgan fingerprint density at radius 3 is 2.79 bits per heavy atom. The number of piperidine rings is 1. The molecular formula is C25H31N5O2S. The number of amides is 2. The number of hydrogen-bond donors (Lipinski definition) is 2. The van der Waals surface area contributed by atoms with Crippen molar-refractivity contribution < 1.29 is 9.59 Å². The molecule has 8 heteroatoms. The molecule has 0 unspecified atom stereocenters. The molecule has 1 aromatic carbocycles. The molecule has 1 aliphatic rings. The maximum atomic E-state index is 13.4. The number of nitrogens with one attached hydrogen (secondary N) is 1. The molecule has 1 aliphatic heterocycles. The summed E-state index contributed by atoms with van der Waals surface area (Å²) >= 11 is 1.60. The van der Waals surface area contributed by atoms with Gasteiger partial charge in [-0.1, -0.05) is 26.8 Å². The maximum absolute atomic E-state index is 13.4. The van der Waals surface area contributed by atoms with Gasteiger partial charge in [0, 0.05) is 6.54 Å². The number of anilines is 2. The first-order valence-corrected chi connectivity index (χ1v) is 12.3. The minimum absolute atomic E-state index is 0.166. The van der Waals surface area contributed by atoms with Crippen LogP contribution >= 0.6 is 11.3 Å². The van der Waals surface area contributed by atoms with Gasteiger partial charge in [0.05, 0.1) is 33.7 Å². The van der Waals surface area contributed by atoms with Crippen LogP contribution in [0.25, 0.3) is 10.2 Å². The third kappa shape index (κ3) is 5.00. The SMILES string of the molecule is Cc1cc(NC(=O)C(=O)N2C[C@H](C)[C@H](CC(C)C)C[C@H]2c2ccc3scnc3c2)cnc1N. The Kier molecular flexibility index (Phi) is 6.65. The second-order valence-corrected chi connectivity index (χ2v) is 10.4. The first-order chi connectivity index (χ1) is 15.7. The number of benzene rings is 1. The van der Waals surface area contributed by atoms with Crippen molar-refractivity contribution in [2.45, 2.75) is 46.6 Å². The Morgan fingerprint density at radius 2 is 2.06 bits per heavy atom. The number of thiazole rings is 1. The Hall–Kier alpha value is -3.00. The molecule has 2 aromatic heterocycles. The van der Waals surface area contributed by atoms with Crippen molar-refractivity contribution in [2.24, 2.45) is 17.8 Å². The van der Waals surface area contributed by atoms with E-state index in [4.69, 9.17) is 5.73 Å². The fraction of sp³-hybridized carbons (Fsp3) is 0.440. The van der Waals surface area contributed by atoms with Crippen LogP contribution in [-0.4, -0.2) is 33.2 Å². The van der Waals surface area contributed by atoms with Crippen molar-refractivity contribution in [2.75, 3.05) is 17.6 Å². The van der Waals surface area contributed by atoms with Gasteiger partial charge in [-0.2, -0.15) is 0 Å². The Labute approximate surface area is 198 Å². The van der Waals surface area contributed by atoms with Gasteiger partial charge in [-0.25, -0.2) is 9.97 Å². The highest BCUT2D eigenvalue weighted by Crippen LogP contribution is 2.40. The average Bonchev–Trinajstić information content (AvgIpc) is 3.24. The van der Waals surface area contributed by atoms with Crippen molar-refractivity contribution >= 4 is 44.9 Å². The Morgan fingerprint density at radius 1 is 1.27 bits per heavy atom. The molecule has 0 bridgehead atoms. The molecule has 33 heavy (non-hydrogen) atoms. The highest BCUT2D eigenvalue weighted by atomic mass is 32.1.